The lowest BCUT2D eigenvalue weighted by molar-refractivity contribution is 0.0253. The van der Waals surface area contributed by atoms with E-state index < -0.39 is 12.8 Å². The van der Waals surface area contributed by atoms with E-state index in [1.165, 1.54) is 0 Å². The predicted molar refractivity (Wildman–Crippen MR) is 46.5 cm³/mol. The number of hydrogen-bond donors (Lipinski definition) is 0. The lowest BCUT2D eigenvalue weighted by Crippen LogP contribution is -2.13. The summed E-state index contributed by atoms with van der Waals surface area (Å²) in [5.41, 5.74) is 0.987. The molecule has 13 heavy (non-hydrogen) atoms. The molecule has 3 heteroatoms. The van der Waals surface area contributed by atoms with Gasteiger partial charge in [0.05, 0.1) is 13.2 Å². The van der Waals surface area contributed by atoms with E-state index in [0.717, 1.165) is 5.56 Å². The number of hydrogen-bond acceptors (Lipinski definition) is 1. The maximum Gasteiger partial charge on any atom is 0.150 e. The molecule has 0 bridgehead atoms. The summed E-state index contributed by atoms with van der Waals surface area (Å²) in [6, 6.07) is 9.46. The van der Waals surface area contributed by atoms with Gasteiger partial charge < -0.3 is 4.74 Å². The Kier molecular flexibility index (Phi) is 4.43. The second-order valence-corrected chi connectivity index (χ2v) is 2.76. The van der Waals surface area contributed by atoms with E-state index in [0.29, 0.717) is 6.61 Å². The largest absolute Gasteiger partial charge is 0.374 e. The van der Waals surface area contributed by atoms with Crippen LogP contribution in [0.15, 0.2) is 30.3 Å². The fourth-order valence-corrected chi connectivity index (χ4v) is 0.927. The Morgan fingerprint density at radius 1 is 1.31 bits per heavy atom. The smallest absolute Gasteiger partial charge is 0.150 e. The highest BCUT2D eigenvalue weighted by Crippen LogP contribution is 2.01. The normalized spacial score (nSPS) is 12.8. The van der Waals surface area contributed by atoms with Crippen molar-refractivity contribution in [3.8, 4) is 0 Å². The van der Waals surface area contributed by atoms with Gasteiger partial charge in [0.15, 0.2) is 0 Å². The molecule has 0 aliphatic rings. The van der Waals surface area contributed by atoms with Gasteiger partial charge in [0.2, 0.25) is 0 Å². The average Bonchev–Trinajstić information content (AvgIpc) is 2.19. The van der Waals surface area contributed by atoms with Crippen molar-refractivity contribution in [1.82, 2.24) is 0 Å². The van der Waals surface area contributed by atoms with Crippen LogP contribution in [0, 0.1) is 0 Å². The highest BCUT2D eigenvalue weighted by molar-refractivity contribution is 5.13. The maximum absolute atomic E-state index is 12.4. The van der Waals surface area contributed by atoms with Crippen LogP contribution in [0.25, 0.3) is 0 Å². The highest BCUT2D eigenvalue weighted by Gasteiger charge is 2.04. The zero-order chi connectivity index (χ0) is 9.52. The van der Waals surface area contributed by atoms with Crippen molar-refractivity contribution in [3.63, 3.8) is 0 Å². The minimum Gasteiger partial charge on any atom is -0.374 e. The molecule has 0 saturated carbocycles. The molecule has 1 rings (SSSR count). The molecular formula is C10H12FO2. The van der Waals surface area contributed by atoms with Gasteiger partial charge in [0.1, 0.15) is 12.8 Å². The molecule has 0 spiro atoms. The Hall–Kier alpha value is -0.930. The minimum absolute atomic E-state index is 0.113. The Morgan fingerprint density at radius 2 is 2.00 bits per heavy atom. The van der Waals surface area contributed by atoms with Crippen LogP contribution in [-0.2, 0) is 16.5 Å². The van der Waals surface area contributed by atoms with E-state index in [4.69, 9.17) is 4.74 Å². The first-order valence-corrected chi connectivity index (χ1v) is 4.16. The Morgan fingerprint density at radius 3 is 2.62 bits per heavy atom. The molecule has 0 unspecified atom stereocenters. The molecule has 0 aliphatic heterocycles. The average molecular weight is 183 g/mol. The summed E-state index contributed by atoms with van der Waals surface area (Å²) in [4.78, 5) is 0. The second kappa shape index (κ2) is 5.67. The number of rotatable bonds is 5. The maximum atomic E-state index is 12.4. The minimum atomic E-state index is -1.39. The lowest BCUT2D eigenvalue weighted by Gasteiger charge is -2.05. The van der Waals surface area contributed by atoms with Gasteiger partial charge in [-0.05, 0) is 5.56 Å². The van der Waals surface area contributed by atoms with Gasteiger partial charge in [-0.1, -0.05) is 30.3 Å². The summed E-state index contributed by atoms with van der Waals surface area (Å²) in [6.07, 6.45) is -1.39. The molecule has 0 N–H and O–H groups in total. The first kappa shape index (κ1) is 10.2. The molecule has 0 amide bonds. The molecular weight excluding hydrogens is 171 g/mol. The predicted octanol–water partition coefficient (Wildman–Crippen LogP) is 1.97. The fraction of sp³-hybridized carbons (Fsp3) is 0.400. The van der Waals surface area contributed by atoms with Gasteiger partial charge in [-0.2, -0.15) is 0 Å². The molecule has 1 aromatic rings. The topological polar surface area (TPSA) is 29.1 Å². The van der Waals surface area contributed by atoms with Gasteiger partial charge in [-0.3, -0.25) is 0 Å². The van der Waals surface area contributed by atoms with Gasteiger partial charge >= 0.3 is 0 Å². The number of alkyl halides is 1. The van der Waals surface area contributed by atoms with E-state index in [2.05, 4.69) is 0 Å². The Balaban J connectivity index is 2.20. The second-order valence-electron chi connectivity index (χ2n) is 2.76. The standard InChI is InChI=1S/C10H12FO2/c11-10(6-12)8-13-7-9-4-2-1-3-5-9/h1-5,10H,6-8H2/t10-/m1/s1. The van der Waals surface area contributed by atoms with Crippen LogP contribution in [0.2, 0.25) is 0 Å². The van der Waals surface area contributed by atoms with Crippen LogP contribution in [-0.4, -0.2) is 19.4 Å². The fourth-order valence-electron chi connectivity index (χ4n) is 0.927. The molecule has 0 fully saturated rings. The molecule has 1 radical (unpaired) electrons. The quantitative estimate of drug-likeness (QED) is 0.686. The summed E-state index contributed by atoms with van der Waals surface area (Å²) >= 11 is 0. The van der Waals surface area contributed by atoms with E-state index >= 15 is 0 Å². The van der Waals surface area contributed by atoms with Crippen LogP contribution in [0.3, 0.4) is 0 Å². The van der Waals surface area contributed by atoms with Gasteiger partial charge in [0.25, 0.3) is 0 Å². The van der Waals surface area contributed by atoms with Gasteiger partial charge in [-0.15, -0.1) is 0 Å². The number of ether oxygens (including phenoxy) is 1. The molecule has 0 aliphatic carbocycles. The molecule has 1 atom stereocenters. The zero-order valence-corrected chi connectivity index (χ0v) is 7.28. The SMILES string of the molecule is [O]C[C@@H](F)COCc1ccccc1. The van der Waals surface area contributed by atoms with Crippen LogP contribution < -0.4 is 0 Å². The number of halogens is 1. The molecule has 0 heterocycles. The lowest BCUT2D eigenvalue weighted by atomic mass is 10.2. The summed E-state index contributed by atoms with van der Waals surface area (Å²) in [7, 11) is 0. The van der Waals surface area contributed by atoms with E-state index in [-0.39, 0.29) is 6.61 Å². The Bertz CT molecular complexity index is 226. The first-order chi connectivity index (χ1) is 6.33. The van der Waals surface area contributed by atoms with Crippen molar-refractivity contribution in [2.24, 2.45) is 0 Å². The van der Waals surface area contributed by atoms with Crippen molar-refractivity contribution in [2.75, 3.05) is 13.2 Å². The third-order valence-corrected chi connectivity index (χ3v) is 1.59. The van der Waals surface area contributed by atoms with E-state index in [1.807, 2.05) is 30.3 Å². The van der Waals surface area contributed by atoms with Crippen molar-refractivity contribution < 1.29 is 14.2 Å². The monoisotopic (exact) mass is 183 g/mol. The van der Waals surface area contributed by atoms with Crippen LogP contribution in [0.1, 0.15) is 5.56 Å². The molecule has 71 valence electrons. The zero-order valence-electron chi connectivity index (χ0n) is 7.28. The van der Waals surface area contributed by atoms with E-state index in [9.17, 15) is 9.50 Å². The van der Waals surface area contributed by atoms with Crippen molar-refractivity contribution in [3.05, 3.63) is 35.9 Å². The summed E-state index contributed by atoms with van der Waals surface area (Å²) in [6.45, 7) is -0.478. The van der Waals surface area contributed by atoms with Gasteiger partial charge in [-0.25, -0.2) is 9.50 Å². The van der Waals surface area contributed by atoms with Crippen LogP contribution >= 0.6 is 0 Å². The van der Waals surface area contributed by atoms with Crippen molar-refractivity contribution >= 4 is 0 Å². The number of benzene rings is 1. The molecule has 2 nitrogen and oxygen atoms in total. The summed E-state index contributed by atoms with van der Waals surface area (Å²) in [5.74, 6) is 0. The van der Waals surface area contributed by atoms with Crippen LogP contribution in [0.5, 0.6) is 0 Å². The third kappa shape index (κ3) is 4.01. The highest BCUT2D eigenvalue weighted by atomic mass is 19.1. The third-order valence-electron chi connectivity index (χ3n) is 1.59. The van der Waals surface area contributed by atoms with Crippen LogP contribution in [0.4, 0.5) is 4.39 Å². The summed E-state index contributed by atoms with van der Waals surface area (Å²) in [5, 5.41) is 10.0. The van der Waals surface area contributed by atoms with Crippen molar-refractivity contribution in [2.45, 2.75) is 12.8 Å². The van der Waals surface area contributed by atoms with Gasteiger partial charge in [0, 0.05) is 0 Å². The van der Waals surface area contributed by atoms with Crippen molar-refractivity contribution in [1.29, 1.82) is 0 Å². The Labute approximate surface area is 77.0 Å². The first-order valence-electron chi connectivity index (χ1n) is 4.16. The molecule has 0 saturated heterocycles. The molecule has 1 aromatic carbocycles. The summed E-state index contributed by atoms with van der Waals surface area (Å²) < 4.78 is 17.4. The van der Waals surface area contributed by atoms with E-state index in [1.54, 1.807) is 0 Å². The molecule has 0 aromatic heterocycles.